The van der Waals surface area contributed by atoms with Crippen molar-refractivity contribution in [3.8, 4) is 6.07 Å². The highest BCUT2D eigenvalue weighted by Crippen LogP contribution is 2.45. The lowest BCUT2D eigenvalue weighted by Gasteiger charge is -2.34. The summed E-state index contributed by atoms with van der Waals surface area (Å²) in [5.74, 6) is 0. The van der Waals surface area contributed by atoms with Gasteiger partial charge in [0, 0.05) is 10.3 Å². The van der Waals surface area contributed by atoms with E-state index in [-0.39, 0.29) is 10.8 Å². The van der Waals surface area contributed by atoms with Gasteiger partial charge in [0.2, 0.25) is 0 Å². The molecule has 3 rings (SSSR count). The molecule has 0 saturated heterocycles. The van der Waals surface area contributed by atoms with Gasteiger partial charge in [0.25, 0.3) is 0 Å². The van der Waals surface area contributed by atoms with Crippen molar-refractivity contribution in [3.63, 3.8) is 0 Å². The number of hydrogen-bond donors (Lipinski definition) is 0. The minimum atomic E-state index is -0.159. The van der Waals surface area contributed by atoms with Gasteiger partial charge >= 0.3 is 0 Å². The summed E-state index contributed by atoms with van der Waals surface area (Å²) in [6.07, 6.45) is 3.32. The molecule has 1 atom stereocenters. The Morgan fingerprint density at radius 3 is 2.38 bits per heavy atom. The zero-order valence-corrected chi connectivity index (χ0v) is 14.4. The molecule has 0 saturated carbocycles. The Labute approximate surface area is 146 Å². The summed E-state index contributed by atoms with van der Waals surface area (Å²) in [5, 5.41) is 13.4. The molecule has 0 radical (unpaired) electrons. The molecule has 24 heavy (non-hydrogen) atoms. The second-order valence-corrected chi connectivity index (χ2v) is 7.22. The lowest BCUT2D eigenvalue weighted by atomic mass is 9.84. The lowest BCUT2D eigenvalue weighted by molar-refractivity contribution is 0.394. The molecule has 0 amide bonds. The maximum atomic E-state index is 8.96. The maximum absolute atomic E-state index is 8.96. The van der Waals surface area contributed by atoms with Gasteiger partial charge in [0.15, 0.2) is 0 Å². The van der Waals surface area contributed by atoms with Gasteiger partial charge in [-0.3, -0.25) is 0 Å². The van der Waals surface area contributed by atoms with E-state index >= 15 is 0 Å². The van der Waals surface area contributed by atoms with Crippen LogP contribution in [0.2, 0.25) is 0 Å². The number of nitriles is 1. The third kappa shape index (κ3) is 3.34. The summed E-state index contributed by atoms with van der Waals surface area (Å²) in [6.45, 7) is 4.43. The molecule has 2 aromatic carbocycles. The van der Waals surface area contributed by atoms with Crippen molar-refractivity contribution in [1.82, 2.24) is 14.8 Å². The number of rotatable bonds is 5. The van der Waals surface area contributed by atoms with Crippen LogP contribution in [0.4, 0.5) is 0 Å². The number of thioether (sulfide) groups is 1. The third-order valence-corrected chi connectivity index (χ3v) is 5.62. The Morgan fingerprint density at radius 2 is 1.79 bits per heavy atom. The van der Waals surface area contributed by atoms with Crippen LogP contribution in [0.5, 0.6) is 0 Å². The van der Waals surface area contributed by atoms with Crippen LogP contribution in [-0.4, -0.2) is 14.8 Å². The van der Waals surface area contributed by atoms with Crippen molar-refractivity contribution >= 4 is 11.8 Å². The fraction of sp³-hybridized carbons (Fsp3) is 0.211. The van der Waals surface area contributed by atoms with Crippen molar-refractivity contribution in [2.75, 3.05) is 0 Å². The summed E-state index contributed by atoms with van der Waals surface area (Å²) in [5.41, 5.74) is 1.75. The molecule has 120 valence electrons. The molecule has 0 fully saturated rings. The third-order valence-electron chi connectivity index (χ3n) is 4.04. The first-order valence-corrected chi connectivity index (χ1v) is 8.55. The smallest absolute Gasteiger partial charge is 0.137 e. The molecule has 1 unspecified atom stereocenters. The molecule has 0 bridgehead atoms. The van der Waals surface area contributed by atoms with Crippen molar-refractivity contribution in [2.45, 2.75) is 29.5 Å². The van der Waals surface area contributed by atoms with Crippen LogP contribution in [0, 0.1) is 11.3 Å². The van der Waals surface area contributed by atoms with Crippen LogP contribution in [-0.2, 0) is 5.41 Å². The zero-order chi connectivity index (χ0) is 17.0. The number of nitrogens with zero attached hydrogens (tertiary/aromatic N) is 4. The number of aromatic nitrogens is 3. The predicted octanol–water partition coefficient (Wildman–Crippen LogP) is 4.42. The van der Waals surface area contributed by atoms with Crippen molar-refractivity contribution < 1.29 is 0 Å². The number of hydrogen-bond acceptors (Lipinski definition) is 4. The highest BCUT2D eigenvalue weighted by atomic mass is 32.2. The minimum Gasteiger partial charge on any atom is -0.239 e. The van der Waals surface area contributed by atoms with E-state index in [0.717, 1.165) is 4.90 Å². The van der Waals surface area contributed by atoms with E-state index in [0.29, 0.717) is 5.56 Å². The molecule has 0 spiro atoms. The van der Waals surface area contributed by atoms with Gasteiger partial charge in [-0.05, 0) is 29.8 Å². The van der Waals surface area contributed by atoms with E-state index in [1.54, 1.807) is 24.4 Å². The first kappa shape index (κ1) is 16.3. The normalized spacial score (nSPS) is 12.5. The standard InChI is InChI=1S/C19H18N4S/c1-19(2,16-6-4-3-5-7-16)18(23-14-21-13-22-23)24-17-10-8-15(12-20)9-11-17/h3-11,13-14,18H,1-2H3. The average molecular weight is 334 g/mol. The van der Waals surface area contributed by atoms with E-state index in [1.165, 1.54) is 5.56 Å². The van der Waals surface area contributed by atoms with Gasteiger partial charge in [0.1, 0.15) is 18.0 Å². The summed E-state index contributed by atoms with van der Waals surface area (Å²) in [4.78, 5) is 5.21. The quantitative estimate of drug-likeness (QED) is 0.648. The molecule has 0 aliphatic rings. The summed E-state index contributed by atoms with van der Waals surface area (Å²) < 4.78 is 1.90. The summed E-state index contributed by atoms with van der Waals surface area (Å²) in [7, 11) is 0. The Morgan fingerprint density at radius 1 is 1.08 bits per heavy atom. The van der Waals surface area contributed by atoms with Crippen LogP contribution < -0.4 is 0 Å². The first-order valence-electron chi connectivity index (χ1n) is 7.68. The Hall–Kier alpha value is -2.58. The van der Waals surface area contributed by atoms with Gasteiger partial charge < -0.3 is 0 Å². The second-order valence-electron chi connectivity index (χ2n) is 6.07. The zero-order valence-electron chi connectivity index (χ0n) is 13.6. The number of benzene rings is 2. The molecule has 0 N–H and O–H groups in total. The van der Waals surface area contributed by atoms with E-state index in [1.807, 2.05) is 35.0 Å². The van der Waals surface area contributed by atoms with Crippen molar-refractivity contribution in [1.29, 1.82) is 5.26 Å². The first-order chi connectivity index (χ1) is 11.6. The van der Waals surface area contributed by atoms with Crippen LogP contribution in [0.15, 0.2) is 72.1 Å². The molecular formula is C19H18N4S. The van der Waals surface area contributed by atoms with E-state index in [4.69, 9.17) is 5.26 Å². The van der Waals surface area contributed by atoms with Gasteiger partial charge in [-0.1, -0.05) is 55.9 Å². The molecule has 3 aromatic rings. The molecule has 1 heterocycles. The van der Waals surface area contributed by atoms with Crippen LogP contribution >= 0.6 is 11.8 Å². The summed E-state index contributed by atoms with van der Waals surface area (Å²) >= 11 is 1.72. The summed E-state index contributed by atoms with van der Waals surface area (Å²) in [6, 6.07) is 20.2. The van der Waals surface area contributed by atoms with Crippen LogP contribution in [0.25, 0.3) is 0 Å². The molecule has 4 nitrogen and oxygen atoms in total. The molecular weight excluding hydrogens is 316 g/mol. The van der Waals surface area contributed by atoms with Gasteiger partial charge in [0.05, 0.1) is 11.6 Å². The lowest BCUT2D eigenvalue weighted by Crippen LogP contribution is -2.29. The fourth-order valence-electron chi connectivity index (χ4n) is 2.62. The van der Waals surface area contributed by atoms with E-state index in [2.05, 4.69) is 54.3 Å². The van der Waals surface area contributed by atoms with Crippen LogP contribution in [0.3, 0.4) is 0 Å². The van der Waals surface area contributed by atoms with E-state index < -0.39 is 0 Å². The predicted molar refractivity (Wildman–Crippen MR) is 95.5 cm³/mol. The second kappa shape index (κ2) is 6.90. The van der Waals surface area contributed by atoms with Gasteiger partial charge in [-0.2, -0.15) is 10.4 Å². The Balaban J connectivity index is 1.96. The van der Waals surface area contributed by atoms with E-state index in [9.17, 15) is 0 Å². The fourth-order valence-corrected chi connectivity index (χ4v) is 3.82. The topological polar surface area (TPSA) is 54.5 Å². The van der Waals surface area contributed by atoms with Gasteiger partial charge in [-0.15, -0.1) is 0 Å². The highest BCUT2D eigenvalue weighted by Gasteiger charge is 2.34. The van der Waals surface area contributed by atoms with Crippen molar-refractivity contribution in [3.05, 3.63) is 78.4 Å². The average Bonchev–Trinajstić information content (AvgIpc) is 3.15. The van der Waals surface area contributed by atoms with Crippen molar-refractivity contribution in [2.24, 2.45) is 0 Å². The maximum Gasteiger partial charge on any atom is 0.137 e. The minimum absolute atomic E-state index is 0.0373. The molecule has 1 aromatic heterocycles. The Kier molecular flexibility index (Phi) is 4.68. The molecule has 0 aliphatic carbocycles. The van der Waals surface area contributed by atoms with Crippen LogP contribution in [0.1, 0.15) is 30.3 Å². The molecule has 0 aliphatic heterocycles. The monoisotopic (exact) mass is 334 g/mol. The Bertz CT molecular complexity index is 818. The van der Waals surface area contributed by atoms with Gasteiger partial charge in [-0.25, -0.2) is 9.67 Å². The SMILES string of the molecule is CC(C)(c1ccccc1)C(Sc1ccc(C#N)cc1)n1cncn1. The largest absolute Gasteiger partial charge is 0.239 e. The highest BCUT2D eigenvalue weighted by molar-refractivity contribution is 7.99. The molecule has 5 heteroatoms.